The average Bonchev–Trinajstić information content (AvgIpc) is 2.08. The second-order valence-electron chi connectivity index (χ2n) is 3.52. The van der Waals surface area contributed by atoms with Crippen molar-refractivity contribution in [2.45, 2.75) is 44.1 Å². The van der Waals surface area contributed by atoms with E-state index < -0.39 is 0 Å². The van der Waals surface area contributed by atoms with E-state index >= 15 is 0 Å². The van der Waals surface area contributed by atoms with Gasteiger partial charge in [-0.25, -0.2) is 4.79 Å². The summed E-state index contributed by atoms with van der Waals surface area (Å²) in [7, 11) is 0. The molecule has 0 amide bonds. The van der Waals surface area contributed by atoms with Gasteiger partial charge < -0.3 is 4.74 Å². The van der Waals surface area contributed by atoms with E-state index in [1.54, 1.807) is 6.92 Å². The van der Waals surface area contributed by atoms with Crippen LogP contribution in [0.15, 0.2) is 12.2 Å². The fourth-order valence-corrected chi connectivity index (χ4v) is 1.75. The highest BCUT2D eigenvalue weighted by molar-refractivity contribution is 6.21. The lowest BCUT2D eigenvalue weighted by Crippen LogP contribution is -2.30. The molecule has 0 saturated heterocycles. The number of hydrogen-bond acceptors (Lipinski definition) is 2. The molecule has 3 heteroatoms. The van der Waals surface area contributed by atoms with Crippen LogP contribution in [0.25, 0.3) is 0 Å². The van der Waals surface area contributed by atoms with Crippen LogP contribution in [0.2, 0.25) is 0 Å². The maximum Gasteiger partial charge on any atom is 0.333 e. The minimum Gasteiger partial charge on any atom is -0.457 e. The molecule has 2 nitrogen and oxygen atoms in total. The third-order valence-electron chi connectivity index (χ3n) is 2.23. The van der Waals surface area contributed by atoms with Crippen LogP contribution < -0.4 is 0 Å². The van der Waals surface area contributed by atoms with Crippen molar-refractivity contribution in [3.8, 4) is 0 Å². The molecule has 0 aromatic carbocycles. The Morgan fingerprint density at radius 1 is 1.46 bits per heavy atom. The smallest absolute Gasteiger partial charge is 0.333 e. The van der Waals surface area contributed by atoms with Crippen LogP contribution in [0.1, 0.15) is 32.6 Å². The summed E-state index contributed by atoms with van der Waals surface area (Å²) in [6, 6.07) is 0. The molecule has 0 aromatic rings. The summed E-state index contributed by atoms with van der Waals surface area (Å²) >= 11 is 6.02. The van der Waals surface area contributed by atoms with Gasteiger partial charge in [-0.2, -0.15) is 0 Å². The molecule has 0 aliphatic heterocycles. The number of hydrogen-bond donors (Lipinski definition) is 0. The highest BCUT2D eigenvalue weighted by Crippen LogP contribution is 2.25. The second-order valence-corrected chi connectivity index (χ2v) is 4.09. The Balaban J connectivity index is 2.42. The molecule has 0 spiro atoms. The maximum absolute atomic E-state index is 11.2. The zero-order valence-corrected chi connectivity index (χ0v) is 8.64. The van der Waals surface area contributed by atoms with Crippen LogP contribution in [-0.2, 0) is 9.53 Å². The molecular weight excluding hydrogens is 188 g/mol. The van der Waals surface area contributed by atoms with Gasteiger partial charge in [0, 0.05) is 5.57 Å². The van der Waals surface area contributed by atoms with Crippen LogP contribution in [0.3, 0.4) is 0 Å². The van der Waals surface area contributed by atoms with Gasteiger partial charge in [-0.3, -0.25) is 0 Å². The van der Waals surface area contributed by atoms with Crippen molar-refractivity contribution in [3.63, 3.8) is 0 Å². The Bertz CT molecular complexity index is 213. The summed E-state index contributed by atoms with van der Waals surface area (Å²) in [5, 5.41) is -0.0166. The van der Waals surface area contributed by atoms with Gasteiger partial charge in [0.15, 0.2) is 0 Å². The molecule has 0 radical (unpaired) electrons. The van der Waals surface area contributed by atoms with E-state index in [1.165, 1.54) is 0 Å². The number of esters is 1. The number of ether oxygens (including phenoxy) is 1. The van der Waals surface area contributed by atoms with Crippen molar-refractivity contribution in [2.24, 2.45) is 0 Å². The van der Waals surface area contributed by atoms with Crippen LogP contribution in [-0.4, -0.2) is 17.5 Å². The zero-order valence-electron chi connectivity index (χ0n) is 7.88. The largest absolute Gasteiger partial charge is 0.457 e. The van der Waals surface area contributed by atoms with Crippen LogP contribution >= 0.6 is 11.6 Å². The Kier molecular flexibility index (Phi) is 3.79. The van der Waals surface area contributed by atoms with E-state index in [0.29, 0.717) is 5.57 Å². The first kappa shape index (κ1) is 10.6. The third-order valence-corrected chi connectivity index (χ3v) is 2.73. The summed E-state index contributed by atoms with van der Waals surface area (Å²) in [6.45, 7) is 5.18. The predicted molar refractivity (Wildman–Crippen MR) is 52.8 cm³/mol. The molecular formula is C10H15ClO2. The molecule has 2 unspecified atom stereocenters. The zero-order chi connectivity index (χ0) is 9.84. The third kappa shape index (κ3) is 3.03. The minimum absolute atomic E-state index is 0.0166. The van der Waals surface area contributed by atoms with E-state index in [1.807, 2.05) is 0 Å². The first-order chi connectivity index (χ1) is 6.11. The van der Waals surface area contributed by atoms with E-state index in [4.69, 9.17) is 16.3 Å². The van der Waals surface area contributed by atoms with E-state index in [-0.39, 0.29) is 17.5 Å². The van der Waals surface area contributed by atoms with E-state index in [0.717, 1.165) is 25.7 Å². The lowest BCUT2D eigenvalue weighted by molar-refractivity contribution is -0.145. The van der Waals surface area contributed by atoms with Crippen LogP contribution in [0, 0.1) is 0 Å². The maximum atomic E-state index is 11.2. The molecule has 1 rings (SSSR count). The van der Waals surface area contributed by atoms with Gasteiger partial charge in [0.05, 0.1) is 5.38 Å². The van der Waals surface area contributed by atoms with Crippen molar-refractivity contribution in [2.75, 3.05) is 0 Å². The average molecular weight is 203 g/mol. The van der Waals surface area contributed by atoms with Crippen molar-refractivity contribution < 1.29 is 9.53 Å². The van der Waals surface area contributed by atoms with Gasteiger partial charge in [0.2, 0.25) is 0 Å². The Morgan fingerprint density at radius 2 is 2.08 bits per heavy atom. The number of alkyl halides is 1. The molecule has 2 atom stereocenters. The monoisotopic (exact) mass is 202 g/mol. The normalized spacial score (nSPS) is 28.2. The number of carbonyl (C=O) groups excluding carboxylic acids is 1. The predicted octanol–water partition coefficient (Wildman–Crippen LogP) is 2.66. The number of carbonyl (C=O) groups is 1. The quantitative estimate of drug-likeness (QED) is 0.391. The standard InChI is InChI=1S/C10H15ClO2/c1-7(2)10(12)13-9-6-4-3-5-8(9)11/h8-9H,1,3-6H2,2H3. The summed E-state index contributed by atoms with van der Waals surface area (Å²) in [4.78, 5) is 11.2. The molecule has 1 aliphatic carbocycles. The van der Waals surface area contributed by atoms with Gasteiger partial charge in [0.1, 0.15) is 6.10 Å². The topological polar surface area (TPSA) is 26.3 Å². The van der Waals surface area contributed by atoms with Crippen LogP contribution in [0.5, 0.6) is 0 Å². The first-order valence-electron chi connectivity index (χ1n) is 4.62. The molecule has 1 fully saturated rings. The molecule has 74 valence electrons. The van der Waals surface area contributed by atoms with Gasteiger partial charge in [-0.1, -0.05) is 13.0 Å². The first-order valence-corrected chi connectivity index (χ1v) is 5.05. The fraction of sp³-hybridized carbons (Fsp3) is 0.700. The van der Waals surface area contributed by atoms with E-state index in [9.17, 15) is 4.79 Å². The van der Waals surface area contributed by atoms with Gasteiger partial charge in [-0.15, -0.1) is 11.6 Å². The van der Waals surface area contributed by atoms with Crippen molar-refractivity contribution in [1.29, 1.82) is 0 Å². The molecule has 13 heavy (non-hydrogen) atoms. The highest BCUT2D eigenvalue weighted by atomic mass is 35.5. The summed E-state index contributed by atoms with van der Waals surface area (Å²) in [5.41, 5.74) is 0.439. The Labute approximate surface area is 83.9 Å². The van der Waals surface area contributed by atoms with E-state index in [2.05, 4.69) is 6.58 Å². The van der Waals surface area contributed by atoms with Gasteiger partial charge in [-0.05, 0) is 26.2 Å². The number of halogens is 1. The molecule has 0 heterocycles. The Hall–Kier alpha value is -0.500. The summed E-state index contributed by atoms with van der Waals surface area (Å²) in [6.07, 6.45) is 3.94. The van der Waals surface area contributed by atoms with Crippen LogP contribution in [0.4, 0.5) is 0 Å². The molecule has 0 bridgehead atoms. The Morgan fingerprint density at radius 3 is 2.62 bits per heavy atom. The van der Waals surface area contributed by atoms with Gasteiger partial charge >= 0.3 is 5.97 Å². The SMILES string of the molecule is C=C(C)C(=O)OC1CCCCC1Cl. The van der Waals surface area contributed by atoms with Crippen molar-refractivity contribution in [1.82, 2.24) is 0 Å². The minimum atomic E-state index is -0.322. The number of rotatable bonds is 2. The molecule has 1 saturated carbocycles. The highest BCUT2D eigenvalue weighted by Gasteiger charge is 2.26. The summed E-state index contributed by atoms with van der Waals surface area (Å²) in [5.74, 6) is -0.322. The van der Waals surface area contributed by atoms with Gasteiger partial charge in [0.25, 0.3) is 0 Å². The molecule has 1 aliphatic rings. The second kappa shape index (κ2) is 4.66. The molecule has 0 aromatic heterocycles. The molecule has 0 N–H and O–H groups in total. The van der Waals surface area contributed by atoms with Crippen molar-refractivity contribution >= 4 is 17.6 Å². The summed E-state index contributed by atoms with van der Waals surface area (Å²) < 4.78 is 5.19. The fourth-order valence-electron chi connectivity index (χ4n) is 1.42. The lowest BCUT2D eigenvalue weighted by Gasteiger charge is -2.26. The van der Waals surface area contributed by atoms with Crippen molar-refractivity contribution in [3.05, 3.63) is 12.2 Å². The lowest BCUT2D eigenvalue weighted by atomic mass is 9.97.